The predicted octanol–water partition coefficient (Wildman–Crippen LogP) is 2.97. The van der Waals surface area contributed by atoms with E-state index in [1.54, 1.807) is 7.05 Å². The van der Waals surface area contributed by atoms with Crippen LogP contribution in [0.25, 0.3) is 0 Å². The molecule has 7 heteroatoms. The summed E-state index contributed by atoms with van der Waals surface area (Å²) in [4.78, 5) is 8.24. The number of nitrogens with one attached hydrogen (secondary N) is 1. The molecule has 1 heterocycles. The summed E-state index contributed by atoms with van der Waals surface area (Å²) in [7, 11) is 1.67. The molecule has 0 amide bonds. The Morgan fingerprint density at radius 3 is 2.50 bits per heavy atom. The molecular weight excluding hydrogens is 247 g/mol. The second kappa shape index (κ2) is 5.88. The Hall–Kier alpha value is -1.53. The van der Waals surface area contributed by atoms with Crippen molar-refractivity contribution < 1.29 is 17.9 Å². The highest BCUT2D eigenvalue weighted by atomic mass is 19.4. The summed E-state index contributed by atoms with van der Waals surface area (Å²) in [5.74, 6) is 1.28. The van der Waals surface area contributed by atoms with Gasteiger partial charge in [0.05, 0.1) is 13.0 Å². The lowest BCUT2D eigenvalue weighted by atomic mass is 10.2. The van der Waals surface area contributed by atoms with Crippen molar-refractivity contribution in [1.82, 2.24) is 9.97 Å². The van der Waals surface area contributed by atoms with Crippen LogP contribution in [0.1, 0.15) is 32.0 Å². The van der Waals surface area contributed by atoms with Gasteiger partial charge in [0.1, 0.15) is 11.6 Å². The smallest absolute Gasteiger partial charge is 0.392 e. The lowest BCUT2D eigenvalue weighted by molar-refractivity contribution is -0.139. The molecule has 0 aliphatic carbocycles. The highest BCUT2D eigenvalue weighted by molar-refractivity contribution is 5.38. The van der Waals surface area contributed by atoms with Gasteiger partial charge < -0.3 is 10.1 Å². The summed E-state index contributed by atoms with van der Waals surface area (Å²) < 4.78 is 41.0. The van der Waals surface area contributed by atoms with Gasteiger partial charge in [-0.2, -0.15) is 18.2 Å². The van der Waals surface area contributed by atoms with Crippen LogP contribution in [0.2, 0.25) is 0 Å². The molecule has 1 aromatic rings. The summed E-state index contributed by atoms with van der Waals surface area (Å²) in [5, 5.41) is 2.82. The largest absolute Gasteiger partial charge is 0.477 e. The van der Waals surface area contributed by atoms with Crippen molar-refractivity contribution in [1.29, 1.82) is 0 Å². The monoisotopic (exact) mass is 263 g/mol. The van der Waals surface area contributed by atoms with Crippen LogP contribution < -0.4 is 10.1 Å². The van der Waals surface area contributed by atoms with Gasteiger partial charge in [0.2, 0.25) is 5.88 Å². The van der Waals surface area contributed by atoms with Crippen molar-refractivity contribution in [2.24, 2.45) is 0 Å². The van der Waals surface area contributed by atoms with Crippen molar-refractivity contribution in [3.8, 4) is 5.88 Å². The van der Waals surface area contributed by atoms with Gasteiger partial charge in [-0.05, 0) is 0 Å². The van der Waals surface area contributed by atoms with Gasteiger partial charge in [-0.3, -0.25) is 0 Å². The molecule has 0 unspecified atom stereocenters. The maximum absolute atomic E-state index is 12.0. The molecule has 18 heavy (non-hydrogen) atoms. The molecule has 1 rings (SSSR count). The van der Waals surface area contributed by atoms with Crippen LogP contribution in [0.4, 0.5) is 19.0 Å². The van der Waals surface area contributed by atoms with E-state index in [1.807, 2.05) is 13.8 Å². The van der Waals surface area contributed by atoms with E-state index in [1.165, 1.54) is 6.07 Å². The Morgan fingerprint density at radius 2 is 2.00 bits per heavy atom. The van der Waals surface area contributed by atoms with Crippen molar-refractivity contribution in [3.63, 3.8) is 0 Å². The van der Waals surface area contributed by atoms with E-state index >= 15 is 0 Å². The Bertz CT molecular complexity index is 394. The molecular formula is C11H16F3N3O. The zero-order valence-corrected chi connectivity index (χ0v) is 10.5. The van der Waals surface area contributed by atoms with Gasteiger partial charge in [0, 0.05) is 19.0 Å². The number of hydrogen-bond acceptors (Lipinski definition) is 4. The summed E-state index contributed by atoms with van der Waals surface area (Å²) in [6.07, 6.45) is -5.22. The lowest BCUT2D eigenvalue weighted by Gasteiger charge is -2.11. The number of ether oxygens (including phenoxy) is 1. The van der Waals surface area contributed by atoms with Crippen molar-refractivity contribution in [2.75, 3.05) is 19.0 Å². The number of hydrogen-bond donors (Lipinski definition) is 1. The number of rotatable bonds is 5. The molecule has 0 atom stereocenters. The van der Waals surface area contributed by atoms with E-state index in [9.17, 15) is 13.2 Å². The standard InChI is InChI=1S/C11H16F3N3O/c1-7(2)10-16-8(15-3)6-9(17-10)18-5-4-11(12,13)14/h6-7H,4-5H2,1-3H3,(H,15,16,17). The van der Waals surface area contributed by atoms with Gasteiger partial charge in [-0.15, -0.1) is 0 Å². The Morgan fingerprint density at radius 1 is 1.33 bits per heavy atom. The van der Waals surface area contributed by atoms with Crippen LogP contribution >= 0.6 is 0 Å². The van der Waals surface area contributed by atoms with E-state index in [0.717, 1.165) is 0 Å². The molecule has 102 valence electrons. The summed E-state index contributed by atoms with van der Waals surface area (Å²) in [6.45, 7) is 3.35. The minimum Gasteiger partial charge on any atom is -0.477 e. The minimum atomic E-state index is -4.22. The zero-order valence-electron chi connectivity index (χ0n) is 10.5. The van der Waals surface area contributed by atoms with Crippen molar-refractivity contribution >= 4 is 5.82 Å². The third-order valence-corrected chi connectivity index (χ3v) is 2.13. The number of halogens is 3. The molecule has 0 spiro atoms. The fraction of sp³-hybridized carbons (Fsp3) is 0.636. The van der Waals surface area contributed by atoms with Crippen molar-refractivity contribution in [2.45, 2.75) is 32.4 Å². The maximum atomic E-state index is 12.0. The first-order chi connectivity index (χ1) is 8.31. The van der Waals surface area contributed by atoms with Crippen LogP contribution in [0, 0.1) is 0 Å². The van der Waals surface area contributed by atoms with Crippen LogP contribution in [0.3, 0.4) is 0 Å². The summed E-state index contributed by atoms with van der Waals surface area (Å²) in [5.41, 5.74) is 0. The molecule has 0 aliphatic heterocycles. The first-order valence-corrected chi connectivity index (χ1v) is 5.58. The number of nitrogens with zero attached hydrogens (tertiary/aromatic N) is 2. The quantitative estimate of drug-likeness (QED) is 0.887. The summed E-state index contributed by atoms with van der Waals surface area (Å²) >= 11 is 0. The Balaban J connectivity index is 2.73. The van der Waals surface area contributed by atoms with Gasteiger partial charge in [0.25, 0.3) is 0 Å². The number of alkyl halides is 3. The fourth-order valence-electron chi connectivity index (χ4n) is 1.17. The van der Waals surface area contributed by atoms with Gasteiger partial charge in [0.15, 0.2) is 0 Å². The molecule has 0 bridgehead atoms. The molecule has 0 saturated heterocycles. The molecule has 0 radical (unpaired) electrons. The van der Waals surface area contributed by atoms with Crippen LogP contribution in [0.15, 0.2) is 6.07 Å². The Labute approximate surface area is 104 Å². The third kappa shape index (κ3) is 4.77. The van der Waals surface area contributed by atoms with E-state index < -0.39 is 19.2 Å². The number of aromatic nitrogens is 2. The molecule has 1 aromatic heterocycles. The molecule has 0 fully saturated rings. The average Bonchev–Trinajstić information content (AvgIpc) is 2.26. The molecule has 0 saturated carbocycles. The topological polar surface area (TPSA) is 47.0 Å². The average molecular weight is 263 g/mol. The van der Waals surface area contributed by atoms with E-state index in [0.29, 0.717) is 11.6 Å². The highest BCUT2D eigenvalue weighted by Gasteiger charge is 2.27. The molecule has 4 nitrogen and oxygen atoms in total. The Kier molecular flexibility index (Phi) is 4.75. The first kappa shape index (κ1) is 14.5. The molecule has 0 aliphatic rings. The van der Waals surface area contributed by atoms with E-state index in [2.05, 4.69) is 15.3 Å². The summed E-state index contributed by atoms with van der Waals surface area (Å²) in [6, 6.07) is 1.47. The third-order valence-electron chi connectivity index (χ3n) is 2.13. The minimum absolute atomic E-state index is 0.0725. The predicted molar refractivity (Wildman–Crippen MR) is 61.8 cm³/mol. The van der Waals surface area contributed by atoms with Gasteiger partial charge in [-0.25, -0.2) is 4.98 Å². The second-order valence-corrected chi connectivity index (χ2v) is 4.07. The molecule has 1 N–H and O–H groups in total. The van der Waals surface area contributed by atoms with Gasteiger partial charge in [-0.1, -0.05) is 13.8 Å². The SMILES string of the molecule is CNc1cc(OCCC(F)(F)F)nc(C(C)C)n1. The number of anilines is 1. The fourth-order valence-corrected chi connectivity index (χ4v) is 1.17. The van der Waals surface area contributed by atoms with E-state index in [-0.39, 0.29) is 11.8 Å². The van der Waals surface area contributed by atoms with E-state index in [4.69, 9.17) is 4.74 Å². The lowest BCUT2D eigenvalue weighted by Crippen LogP contribution is -2.14. The van der Waals surface area contributed by atoms with Crippen LogP contribution in [-0.2, 0) is 0 Å². The highest BCUT2D eigenvalue weighted by Crippen LogP contribution is 2.21. The van der Waals surface area contributed by atoms with Crippen LogP contribution in [0.5, 0.6) is 5.88 Å². The maximum Gasteiger partial charge on any atom is 0.392 e. The normalized spacial score (nSPS) is 11.7. The zero-order chi connectivity index (χ0) is 13.8. The first-order valence-electron chi connectivity index (χ1n) is 5.58. The van der Waals surface area contributed by atoms with Crippen LogP contribution in [-0.4, -0.2) is 29.8 Å². The van der Waals surface area contributed by atoms with Gasteiger partial charge >= 0.3 is 6.18 Å². The van der Waals surface area contributed by atoms with Crippen molar-refractivity contribution in [3.05, 3.63) is 11.9 Å². The second-order valence-electron chi connectivity index (χ2n) is 4.07. The molecule has 0 aromatic carbocycles.